The maximum Gasteiger partial charge on any atom is 0.137 e. The van der Waals surface area contributed by atoms with Crippen molar-refractivity contribution in [3.63, 3.8) is 0 Å². The van der Waals surface area contributed by atoms with Gasteiger partial charge in [-0.3, -0.25) is 10.2 Å². The number of nitrogens with one attached hydrogen (secondary N) is 2. The van der Waals surface area contributed by atoms with Crippen LogP contribution in [-0.2, 0) is 0 Å². The summed E-state index contributed by atoms with van der Waals surface area (Å²) in [6.45, 7) is 8.91. The predicted octanol–water partition coefficient (Wildman–Crippen LogP) is 4.58. The molecule has 3 aromatic heterocycles. The molecule has 7 nitrogen and oxygen atoms in total. The molecule has 1 atom stereocenters. The molecule has 0 fully saturated rings. The van der Waals surface area contributed by atoms with Gasteiger partial charge >= 0.3 is 0 Å². The lowest BCUT2D eigenvalue weighted by atomic mass is 9.98. The van der Waals surface area contributed by atoms with E-state index in [9.17, 15) is 0 Å². The van der Waals surface area contributed by atoms with Gasteiger partial charge in [0.25, 0.3) is 0 Å². The Labute approximate surface area is 172 Å². The number of benzene rings is 1. The second kappa shape index (κ2) is 6.81. The molecule has 0 amide bonds. The molecule has 0 spiro atoms. The molecule has 4 heterocycles. The van der Waals surface area contributed by atoms with Gasteiger partial charge in [-0.25, -0.2) is 9.97 Å². The van der Waals surface area contributed by atoms with Crippen LogP contribution in [0.5, 0.6) is 5.75 Å². The molecule has 1 aromatic carbocycles. The summed E-state index contributed by atoms with van der Waals surface area (Å²) < 4.78 is 6.21. The summed E-state index contributed by atoms with van der Waals surface area (Å²) in [4.78, 5) is 10.6. The molecular weight excluding hydrogens is 384 g/mol. The van der Waals surface area contributed by atoms with Crippen LogP contribution >= 0.6 is 11.3 Å². The van der Waals surface area contributed by atoms with Crippen molar-refractivity contribution in [1.82, 2.24) is 30.4 Å². The summed E-state index contributed by atoms with van der Waals surface area (Å²) in [7, 11) is 0. The smallest absolute Gasteiger partial charge is 0.137 e. The number of hydrogen-bond acceptors (Lipinski definition) is 6. The highest BCUT2D eigenvalue weighted by Gasteiger charge is 2.31. The van der Waals surface area contributed by atoms with Gasteiger partial charge in [0.15, 0.2) is 0 Å². The molecule has 1 unspecified atom stereocenters. The minimum Gasteiger partial charge on any atom is -0.492 e. The fraction of sp³-hybridized carbons (Fsp3) is 0.333. The van der Waals surface area contributed by atoms with E-state index in [1.165, 1.54) is 4.88 Å². The fourth-order valence-electron chi connectivity index (χ4n) is 3.83. The number of aromatic amines is 2. The molecule has 0 radical (unpaired) electrons. The molecule has 148 valence electrons. The highest BCUT2D eigenvalue weighted by Crippen LogP contribution is 2.45. The van der Waals surface area contributed by atoms with Gasteiger partial charge in [-0.1, -0.05) is 19.9 Å². The van der Waals surface area contributed by atoms with E-state index in [0.29, 0.717) is 12.5 Å². The molecule has 0 aliphatic carbocycles. The van der Waals surface area contributed by atoms with Crippen molar-refractivity contribution in [1.29, 1.82) is 0 Å². The van der Waals surface area contributed by atoms with Gasteiger partial charge in [-0.15, -0.1) is 11.3 Å². The Balaban J connectivity index is 1.71. The molecule has 1 aliphatic rings. The zero-order valence-corrected chi connectivity index (χ0v) is 17.6. The highest BCUT2D eigenvalue weighted by molar-refractivity contribution is 7.12. The van der Waals surface area contributed by atoms with Crippen LogP contribution in [0.2, 0.25) is 0 Å². The molecule has 8 heteroatoms. The van der Waals surface area contributed by atoms with E-state index in [1.54, 1.807) is 17.7 Å². The number of ether oxygens (including phenoxy) is 1. The second-order valence-corrected chi connectivity index (χ2v) is 8.74. The van der Waals surface area contributed by atoms with Crippen LogP contribution < -0.4 is 4.74 Å². The molecule has 1 aliphatic heterocycles. The van der Waals surface area contributed by atoms with Crippen LogP contribution in [0.4, 0.5) is 0 Å². The molecule has 5 rings (SSSR count). The summed E-state index contributed by atoms with van der Waals surface area (Å²) in [6.07, 6.45) is 1.54. The Morgan fingerprint density at radius 2 is 2.07 bits per heavy atom. The Kier molecular flexibility index (Phi) is 4.24. The average Bonchev–Trinajstić information content (AvgIpc) is 3.42. The van der Waals surface area contributed by atoms with Gasteiger partial charge in [0.1, 0.15) is 24.5 Å². The number of H-pyrrole nitrogens is 2. The van der Waals surface area contributed by atoms with Crippen LogP contribution in [0.25, 0.3) is 22.4 Å². The summed E-state index contributed by atoms with van der Waals surface area (Å²) in [6, 6.07) is 6.30. The van der Waals surface area contributed by atoms with Gasteiger partial charge in [0, 0.05) is 27.6 Å². The molecule has 4 aromatic rings. The minimum atomic E-state index is -0.0225. The van der Waals surface area contributed by atoms with Crippen LogP contribution in [0.15, 0.2) is 24.5 Å². The van der Waals surface area contributed by atoms with Crippen molar-refractivity contribution in [3.05, 3.63) is 51.6 Å². The van der Waals surface area contributed by atoms with Crippen molar-refractivity contribution in [3.8, 4) is 28.1 Å². The molecule has 0 saturated heterocycles. The first-order valence-electron chi connectivity index (χ1n) is 9.68. The van der Waals surface area contributed by atoms with Crippen molar-refractivity contribution in [2.45, 2.75) is 39.5 Å². The molecule has 2 N–H and O–H groups in total. The Morgan fingerprint density at radius 1 is 1.21 bits per heavy atom. The van der Waals surface area contributed by atoms with Gasteiger partial charge in [-0.2, -0.15) is 10.2 Å². The summed E-state index contributed by atoms with van der Waals surface area (Å²) in [5, 5.41) is 15.6. The van der Waals surface area contributed by atoms with Gasteiger partial charge in [0.05, 0.1) is 22.3 Å². The van der Waals surface area contributed by atoms with Crippen LogP contribution in [0.1, 0.15) is 52.8 Å². The molecule has 29 heavy (non-hydrogen) atoms. The number of thiazole rings is 1. The zero-order chi connectivity index (χ0) is 20.1. The quantitative estimate of drug-likeness (QED) is 0.519. The van der Waals surface area contributed by atoms with Gasteiger partial charge in [0.2, 0.25) is 0 Å². The summed E-state index contributed by atoms with van der Waals surface area (Å²) >= 11 is 1.74. The third-order valence-corrected chi connectivity index (χ3v) is 6.77. The fourth-order valence-corrected chi connectivity index (χ4v) is 5.00. The normalized spacial score (nSPS) is 15.7. The maximum absolute atomic E-state index is 6.21. The zero-order valence-electron chi connectivity index (χ0n) is 16.8. The standard InChI is InChI=1S/C21H22N6OS/c1-10(2)21-24-18-14-7-13(17-11(3)25-26-12(17)4)5-6-16(14)28-8-15(19(18)29-21)20-22-9-23-27-20/h5-7,9-10,15H,8H2,1-4H3,(H,25,26)(H,22,23,27). The van der Waals surface area contributed by atoms with E-state index in [2.05, 4.69) is 51.4 Å². The Bertz CT molecular complexity index is 1150. The van der Waals surface area contributed by atoms with E-state index in [0.717, 1.165) is 50.4 Å². The van der Waals surface area contributed by atoms with Crippen molar-refractivity contribution >= 4 is 11.3 Å². The highest BCUT2D eigenvalue weighted by atomic mass is 32.1. The molecular formula is C21H22N6OS. The lowest BCUT2D eigenvalue weighted by Crippen LogP contribution is -2.11. The van der Waals surface area contributed by atoms with Crippen molar-refractivity contribution in [2.24, 2.45) is 0 Å². The first-order valence-corrected chi connectivity index (χ1v) is 10.5. The molecule has 0 saturated carbocycles. The number of hydrogen-bond donors (Lipinski definition) is 2. The predicted molar refractivity (Wildman–Crippen MR) is 112 cm³/mol. The summed E-state index contributed by atoms with van der Waals surface area (Å²) in [5.74, 6) is 1.98. The van der Waals surface area contributed by atoms with Crippen molar-refractivity contribution in [2.75, 3.05) is 6.61 Å². The average molecular weight is 407 g/mol. The summed E-state index contributed by atoms with van der Waals surface area (Å²) in [5.41, 5.74) is 6.27. The van der Waals surface area contributed by atoms with E-state index >= 15 is 0 Å². The third-order valence-electron chi connectivity index (χ3n) is 5.30. The number of rotatable bonds is 3. The first-order chi connectivity index (χ1) is 14.0. The van der Waals surface area contributed by atoms with Crippen LogP contribution in [0, 0.1) is 13.8 Å². The second-order valence-electron chi connectivity index (χ2n) is 7.67. The van der Waals surface area contributed by atoms with E-state index in [1.807, 2.05) is 19.9 Å². The van der Waals surface area contributed by atoms with Gasteiger partial charge < -0.3 is 4.74 Å². The van der Waals surface area contributed by atoms with E-state index in [4.69, 9.17) is 9.72 Å². The lowest BCUT2D eigenvalue weighted by Gasteiger charge is -2.12. The first kappa shape index (κ1) is 18.1. The topological polar surface area (TPSA) is 92.4 Å². The van der Waals surface area contributed by atoms with E-state index in [-0.39, 0.29) is 5.92 Å². The number of fused-ring (bicyclic) bond motifs is 3. The lowest BCUT2D eigenvalue weighted by molar-refractivity contribution is 0.305. The SMILES string of the molecule is Cc1n[nH]c(C)c1-c1ccc2c(c1)-c1nc(C(C)C)sc1C(c1ncn[nH]1)CO2. The number of nitrogens with zero attached hydrogens (tertiary/aromatic N) is 4. The van der Waals surface area contributed by atoms with Crippen LogP contribution in [-0.4, -0.2) is 37.0 Å². The molecule has 0 bridgehead atoms. The van der Waals surface area contributed by atoms with E-state index < -0.39 is 0 Å². The Hall–Kier alpha value is -3.00. The van der Waals surface area contributed by atoms with Crippen LogP contribution in [0.3, 0.4) is 0 Å². The van der Waals surface area contributed by atoms with Crippen molar-refractivity contribution < 1.29 is 4.74 Å². The number of aromatic nitrogens is 6. The third kappa shape index (κ3) is 2.95. The Morgan fingerprint density at radius 3 is 2.76 bits per heavy atom. The minimum absolute atomic E-state index is 0.0225. The number of aryl methyl sites for hydroxylation is 2. The van der Waals surface area contributed by atoms with Gasteiger partial charge in [-0.05, 0) is 31.5 Å². The monoisotopic (exact) mass is 406 g/mol. The largest absolute Gasteiger partial charge is 0.492 e. The maximum atomic E-state index is 6.21.